The Morgan fingerprint density at radius 1 is 1.40 bits per heavy atom. The van der Waals surface area contributed by atoms with Gasteiger partial charge in [-0.2, -0.15) is 10.4 Å². The number of hydrogen-bond donors (Lipinski definition) is 1. The summed E-state index contributed by atoms with van der Waals surface area (Å²) in [6.45, 7) is 0. The first-order chi connectivity index (χ1) is 14.3. The van der Waals surface area contributed by atoms with Crippen molar-refractivity contribution in [1.29, 1.82) is 5.26 Å². The molecule has 0 aliphatic heterocycles. The van der Waals surface area contributed by atoms with Gasteiger partial charge in [0, 0.05) is 19.5 Å². The van der Waals surface area contributed by atoms with E-state index in [-0.39, 0.29) is 28.7 Å². The number of nitriles is 1. The predicted molar refractivity (Wildman–Crippen MR) is 109 cm³/mol. The molecule has 0 spiro atoms. The van der Waals surface area contributed by atoms with E-state index in [1.807, 2.05) is 0 Å². The van der Waals surface area contributed by atoms with E-state index in [0.717, 1.165) is 0 Å². The van der Waals surface area contributed by atoms with Crippen LogP contribution in [-0.4, -0.2) is 48.1 Å². The van der Waals surface area contributed by atoms with Crippen LogP contribution < -0.4 is 5.32 Å². The number of methoxy groups -OCH3 is 1. The smallest absolute Gasteiger partial charge is 0.227 e. The first kappa shape index (κ1) is 20.8. The predicted octanol–water partition coefficient (Wildman–Crippen LogP) is 2.27. The normalized spacial score (nSPS) is 24.9. The van der Waals surface area contributed by atoms with Gasteiger partial charge in [-0.1, -0.05) is 11.6 Å². The summed E-state index contributed by atoms with van der Waals surface area (Å²) >= 11 is 6.33. The van der Waals surface area contributed by atoms with E-state index in [1.54, 1.807) is 35.3 Å². The maximum absolute atomic E-state index is 13.3. The van der Waals surface area contributed by atoms with Gasteiger partial charge in [0.25, 0.3) is 0 Å². The first-order valence-electron chi connectivity index (χ1n) is 9.59. The van der Waals surface area contributed by atoms with E-state index < -0.39 is 32.6 Å². The number of halogens is 1. The number of nitrogens with one attached hydrogen (secondary N) is 1. The van der Waals surface area contributed by atoms with Gasteiger partial charge < -0.3 is 10.1 Å². The van der Waals surface area contributed by atoms with Crippen molar-refractivity contribution in [2.45, 2.75) is 47.5 Å². The van der Waals surface area contributed by atoms with E-state index >= 15 is 0 Å². The minimum absolute atomic E-state index is 0.0247. The van der Waals surface area contributed by atoms with E-state index in [9.17, 15) is 18.5 Å². The van der Waals surface area contributed by atoms with Crippen LogP contribution in [0.25, 0.3) is 5.69 Å². The lowest BCUT2D eigenvalue weighted by Gasteiger charge is -2.19. The van der Waals surface area contributed by atoms with Gasteiger partial charge in [-0.15, -0.1) is 0 Å². The van der Waals surface area contributed by atoms with Crippen molar-refractivity contribution >= 4 is 27.3 Å². The van der Waals surface area contributed by atoms with Crippen molar-refractivity contribution in [2.24, 2.45) is 5.92 Å². The number of sulfone groups is 1. The van der Waals surface area contributed by atoms with Crippen LogP contribution in [0.2, 0.25) is 5.02 Å². The molecule has 2 aliphatic carbocycles. The van der Waals surface area contributed by atoms with Crippen LogP contribution in [-0.2, 0) is 19.4 Å². The van der Waals surface area contributed by atoms with Crippen LogP contribution in [0.5, 0.6) is 0 Å². The van der Waals surface area contributed by atoms with Crippen LogP contribution in [0.4, 0.5) is 0 Å². The summed E-state index contributed by atoms with van der Waals surface area (Å²) in [4.78, 5) is 12.7. The van der Waals surface area contributed by atoms with Crippen molar-refractivity contribution < 1.29 is 17.9 Å². The third kappa shape index (κ3) is 3.71. The maximum atomic E-state index is 13.3. The van der Waals surface area contributed by atoms with E-state index in [4.69, 9.17) is 16.3 Å². The van der Waals surface area contributed by atoms with Crippen molar-refractivity contribution in [2.75, 3.05) is 7.11 Å². The second kappa shape index (κ2) is 7.69. The van der Waals surface area contributed by atoms with Gasteiger partial charge >= 0.3 is 0 Å². The lowest BCUT2D eigenvalue weighted by molar-refractivity contribution is -0.128. The van der Waals surface area contributed by atoms with Gasteiger partial charge in [0.1, 0.15) is 5.54 Å². The molecule has 158 valence electrons. The number of hydrogen-bond acceptors (Lipinski definition) is 6. The van der Waals surface area contributed by atoms with Crippen molar-refractivity contribution in [3.63, 3.8) is 0 Å². The number of nitrogens with zero attached hydrogens (tertiary/aromatic N) is 3. The molecule has 1 heterocycles. The number of rotatable bonds is 6. The van der Waals surface area contributed by atoms with E-state index in [2.05, 4.69) is 16.5 Å². The third-order valence-electron chi connectivity index (χ3n) is 5.86. The summed E-state index contributed by atoms with van der Waals surface area (Å²) in [5.41, 5.74) is -0.161. The zero-order chi connectivity index (χ0) is 21.5. The fourth-order valence-electron chi connectivity index (χ4n) is 3.93. The molecule has 0 radical (unpaired) electrons. The number of benzene rings is 1. The molecule has 10 heteroatoms. The van der Waals surface area contributed by atoms with Crippen LogP contribution >= 0.6 is 11.6 Å². The third-order valence-corrected chi connectivity index (χ3v) is 8.51. The molecule has 0 unspecified atom stereocenters. The number of aromatic nitrogens is 2. The van der Waals surface area contributed by atoms with Gasteiger partial charge in [0.2, 0.25) is 5.91 Å². The summed E-state index contributed by atoms with van der Waals surface area (Å²) in [6.07, 6.45) is 4.34. The Hall–Kier alpha value is -2.41. The largest absolute Gasteiger partial charge is 0.381 e. The molecule has 30 heavy (non-hydrogen) atoms. The molecule has 4 rings (SSSR count). The molecule has 0 saturated heterocycles. The molecule has 2 aromatic rings. The standard InChI is InChI=1S/C20H21ClN4O4S/c1-29-17-11-14(10-15(17)19(26)24-20(12-22)5-6-20)30(27,28)18-4-3-13(9-16(18)21)25-8-2-7-23-25/h2-4,7-9,14-15,17H,5-6,10-11H2,1H3,(H,24,26)/t14-,15-,17-/m1/s1. The highest BCUT2D eigenvalue weighted by Crippen LogP contribution is 2.40. The number of ether oxygens (including phenoxy) is 1. The molecule has 3 atom stereocenters. The van der Waals surface area contributed by atoms with Crippen molar-refractivity contribution in [3.05, 3.63) is 41.7 Å². The molecule has 1 amide bonds. The highest BCUT2D eigenvalue weighted by molar-refractivity contribution is 7.92. The zero-order valence-corrected chi connectivity index (χ0v) is 17.9. The van der Waals surface area contributed by atoms with Gasteiger partial charge in [0.05, 0.1) is 38.9 Å². The Morgan fingerprint density at radius 3 is 2.73 bits per heavy atom. The van der Waals surface area contributed by atoms with Crippen molar-refractivity contribution in [3.8, 4) is 11.8 Å². The highest BCUT2D eigenvalue weighted by atomic mass is 35.5. The molecular weight excluding hydrogens is 428 g/mol. The quantitative estimate of drug-likeness (QED) is 0.725. The summed E-state index contributed by atoms with van der Waals surface area (Å²) in [7, 11) is -2.32. The zero-order valence-electron chi connectivity index (χ0n) is 16.3. The van der Waals surface area contributed by atoms with Gasteiger partial charge in [-0.3, -0.25) is 4.79 Å². The monoisotopic (exact) mass is 448 g/mol. The first-order valence-corrected chi connectivity index (χ1v) is 11.5. The second-order valence-corrected chi connectivity index (χ2v) is 10.4. The fraction of sp³-hybridized carbons (Fsp3) is 0.450. The molecule has 8 nitrogen and oxygen atoms in total. The van der Waals surface area contributed by atoms with Gasteiger partial charge in [-0.25, -0.2) is 13.1 Å². The van der Waals surface area contributed by atoms with Gasteiger partial charge in [0.15, 0.2) is 9.84 Å². The topological polar surface area (TPSA) is 114 Å². The SMILES string of the molecule is CO[C@@H]1C[C@H](S(=O)(=O)c2ccc(-n3cccn3)cc2Cl)C[C@H]1C(=O)NC1(C#N)CC1. The Morgan fingerprint density at radius 2 is 2.17 bits per heavy atom. The van der Waals surface area contributed by atoms with Crippen molar-refractivity contribution in [1.82, 2.24) is 15.1 Å². The van der Waals surface area contributed by atoms with E-state index in [0.29, 0.717) is 18.5 Å². The lowest BCUT2D eigenvalue weighted by atomic mass is 10.0. The Labute approximate surface area is 179 Å². The number of amides is 1. The molecular formula is C20H21ClN4O4S. The van der Waals surface area contributed by atoms with Crippen LogP contribution in [0, 0.1) is 17.2 Å². The molecule has 2 fully saturated rings. The van der Waals surface area contributed by atoms with E-state index in [1.165, 1.54) is 13.2 Å². The lowest BCUT2D eigenvalue weighted by Crippen LogP contribution is -2.42. The van der Waals surface area contributed by atoms with Crippen LogP contribution in [0.3, 0.4) is 0 Å². The Kier molecular flexibility index (Phi) is 5.34. The summed E-state index contributed by atoms with van der Waals surface area (Å²) in [5, 5.41) is 15.4. The minimum Gasteiger partial charge on any atom is -0.381 e. The minimum atomic E-state index is -3.78. The number of carbonyl (C=O) groups is 1. The Bertz CT molecular complexity index is 1110. The highest BCUT2D eigenvalue weighted by Gasteiger charge is 2.50. The number of carbonyl (C=O) groups excluding carboxylic acids is 1. The molecule has 2 saturated carbocycles. The molecule has 1 N–H and O–H groups in total. The maximum Gasteiger partial charge on any atom is 0.227 e. The Balaban J connectivity index is 1.56. The van der Waals surface area contributed by atoms with Crippen LogP contribution in [0.1, 0.15) is 25.7 Å². The van der Waals surface area contributed by atoms with Crippen LogP contribution in [0.15, 0.2) is 41.6 Å². The molecule has 2 aliphatic rings. The molecule has 1 aromatic carbocycles. The summed E-state index contributed by atoms with van der Waals surface area (Å²) in [6, 6.07) is 8.54. The fourth-order valence-corrected chi connectivity index (χ4v) is 6.28. The van der Waals surface area contributed by atoms with Gasteiger partial charge in [-0.05, 0) is 49.9 Å². The average Bonchev–Trinajstić information content (AvgIpc) is 3.13. The average molecular weight is 449 g/mol. The second-order valence-electron chi connectivity index (χ2n) is 7.77. The molecule has 1 aromatic heterocycles. The molecule has 0 bridgehead atoms. The summed E-state index contributed by atoms with van der Waals surface area (Å²) < 4.78 is 33.6. The summed E-state index contributed by atoms with van der Waals surface area (Å²) in [5.74, 6) is -0.971.